The van der Waals surface area contributed by atoms with Crippen LogP contribution >= 0.6 is 0 Å². The van der Waals surface area contributed by atoms with E-state index in [9.17, 15) is 4.79 Å². The van der Waals surface area contributed by atoms with Crippen LogP contribution < -0.4 is 5.32 Å². The number of nitrogens with zero attached hydrogens (tertiary/aromatic N) is 3. The third kappa shape index (κ3) is 4.84. The topological polar surface area (TPSA) is 50.2 Å². The van der Waals surface area contributed by atoms with Crippen LogP contribution in [0.3, 0.4) is 0 Å². The van der Waals surface area contributed by atoms with Crippen LogP contribution in [0.2, 0.25) is 0 Å². The molecule has 25 heavy (non-hydrogen) atoms. The summed E-state index contributed by atoms with van der Waals surface area (Å²) in [7, 11) is 0. The lowest BCUT2D eigenvalue weighted by Gasteiger charge is -2.21. The van der Waals surface area contributed by atoms with Gasteiger partial charge < -0.3 is 14.8 Å². The normalized spacial score (nSPS) is 18.0. The van der Waals surface area contributed by atoms with E-state index in [1.54, 1.807) is 0 Å². The van der Waals surface area contributed by atoms with Crippen LogP contribution in [0.15, 0.2) is 36.7 Å². The summed E-state index contributed by atoms with van der Waals surface area (Å²) in [5, 5.41) is 3.08. The van der Waals surface area contributed by atoms with E-state index in [2.05, 4.69) is 46.1 Å². The van der Waals surface area contributed by atoms with Gasteiger partial charge in [0.15, 0.2) is 0 Å². The van der Waals surface area contributed by atoms with Gasteiger partial charge in [0.05, 0.1) is 0 Å². The molecule has 0 saturated carbocycles. The van der Waals surface area contributed by atoms with Gasteiger partial charge in [0.25, 0.3) is 0 Å². The highest BCUT2D eigenvalue weighted by Gasteiger charge is 2.18. The van der Waals surface area contributed by atoms with Crippen molar-refractivity contribution in [1.29, 1.82) is 0 Å². The smallest absolute Gasteiger partial charge is 0.317 e. The van der Waals surface area contributed by atoms with Crippen molar-refractivity contribution < 1.29 is 4.79 Å². The van der Waals surface area contributed by atoms with E-state index in [-0.39, 0.29) is 6.03 Å². The number of aromatic nitrogens is 2. The Labute approximate surface area is 150 Å². The van der Waals surface area contributed by atoms with Gasteiger partial charge in [0, 0.05) is 38.6 Å². The zero-order chi connectivity index (χ0) is 17.6. The molecule has 1 aromatic heterocycles. The number of urea groups is 1. The van der Waals surface area contributed by atoms with Crippen molar-refractivity contribution in [2.24, 2.45) is 5.92 Å². The van der Waals surface area contributed by atoms with Gasteiger partial charge in [-0.1, -0.05) is 31.2 Å². The molecular weight excluding hydrogens is 312 g/mol. The monoisotopic (exact) mass is 340 g/mol. The Morgan fingerprint density at radius 3 is 2.92 bits per heavy atom. The van der Waals surface area contributed by atoms with E-state index in [0.29, 0.717) is 6.54 Å². The number of carbonyl (C=O) groups excluding carboxylic acids is 1. The summed E-state index contributed by atoms with van der Waals surface area (Å²) >= 11 is 0. The molecule has 0 bridgehead atoms. The van der Waals surface area contributed by atoms with Crippen LogP contribution in [0.1, 0.15) is 43.1 Å². The molecule has 0 spiro atoms. The molecule has 2 amide bonds. The highest BCUT2D eigenvalue weighted by atomic mass is 16.2. The van der Waals surface area contributed by atoms with E-state index in [0.717, 1.165) is 49.8 Å². The van der Waals surface area contributed by atoms with Crippen LogP contribution in [0, 0.1) is 12.8 Å². The summed E-state index contributed by atoms with van der Waals surface area (Å²) in [6.07, 6.45) is 7.24. The number of hydrogen-bond acceptors (Lipinski definition) is 2. The predicted octanol–water partition coefficient (Wildman–Crippen LogP) is 3.57. The van der Waals surface area contributed by atoms with Crippen LogP contribution in [-0.2, 0) is 13.1 Å². The van der Waals surface area contributed by atoms with E-state index in [4.69, 9.17) is 0 Å². The van der Waals surface area contributed by atoms with Crippen molar-refractivity contribution >= 4 is 6.03 Å². The van der Waals surface area contributed by atoms with Crippen molar-refractivity contribution in [1.82, 2.24) is 19.8 Å². The maximum absolute atomic E-state index is 12.4. The first-order valence-electron chi connectivity index (χ1n) is 9.20. The Kier molecular flexibility index (Phi) is 5.74. The summed E-state index contributed by atoms with van der Waals surface area (Å²) in [6.45, 7) is 7.39. The maximum Gasteiger partial charge on any atom is 0.317 e. The molecule has 2 aromatic rings. The Morgan fingerprint density at radius 1 is 1.28 bits per heavy atom. The highest BCUT2D eigenvalue weighted by Crippen LogP contribution is 2.16. The van der Waals surface area contributed by atoms with Crippen molar-refractivity contribution in [2.75, 3.05) is 13.1 Å². The van der Waals surface area contributed by atoms with Crippen LogP contribution in [0.25, 0.3) is 0 Å². The second-order valence-electron chi connectivity index (χ2n) is 7.10. The third-order valence-corrected chi connectivity index (χ3v) is 5.02. The van der Waals surface area contributed by atoms with Gasteiger partial charge in [-0.3, -0.25) is 0 Å². The molecule has 1 N–H and O–H groups in total. The third-order valence-electron chi connectivity index (χ3n) is 5.02. The lowest BCUT2D eigenvalue weighted by atomic mass is 10.0. The predicted molar refractivity (Wildman–Crippen MR) is 99.3 cm³/mol. The summed E-state index contributed by atoms with van der Waals surface area (Å²) < 4.78 is 2.12. The summed E-state index contributed by atoms with van der Waals surface area (Å²) in [4.78, 5) is 18.6. The van der Waals surface area contributed by atoms with Crippen LogP contribution in [0.5, 0.6) is 0 Å². The highest BCUT2D eigenvalue weighted by molar-refractivity contribution is 5.74. The van der Waals surface area contributed by atoms with Gasteiger partial charge in [0.1, 0.15) is 5.82 Å². The van der Waals surface area contributed by atoms with Gasteiger partial charge in [-0.15, -0.1) is 0 Å². The fourth-order valence-corrected chi connectivity index (χ4v) is 3.36. The molecule has 2 heterocycles. The molecule has 1 unspecified atom stereocenters. The molecule has 0 aliphatic carbocycles. The second kappa shape index (κ2) is 8.19. The van der Waals surface area contributed by atoms with Gasteiger partial charge in [-0.05, 0) is 43.2 Å². The Balaban J connectivity index is 1.55. The lowest BCUT2D eigenvalue weighted by molar-refractivity contribution is 0.199. The second-order valence-corrected chi connectivity index (χ2v) is 7.10. The number of carbonyl (C=O) groups is 1. The minimum Gasteiger partial charge on any atom is -0.334 e. The molecule has 3 rings (SSSR count). The molecule has 0 radical (unpaired) electrons. The molecule has 1 fully saturated rings. The maximum atomic E-state index is 12.4. The van der Waals surface area contributed by atoms with Crippen molar-refractivity contribution in [3.8, 4) is 0 Å². The van der Waals surface area contributed by atoms with Gasteiger partial charge >= 0.3 is 6.03 Å². The van der Waals surface area contributed by atoms with Crippen LogP contribution in [0.4, 0.5) is 4.79 Å². The number of hydrogen-bond donors (Lipinski definition) is 1. The van der Waals surface area contributed by atoms with E-state index in [1.807, 2.05) is 24.2 Å². The molecule has 5 heteroatoms. The standard InChI is InChI=1S/C20H28N4O/c1-16-5-4-10-23(11-8-16)20(25)22-14-18-6-3-7-19(13-18)15-24-12-9-21-17(24)2/h3,6-7,9,12-13,16H,4-5,8,10-11,14-15H2,1-2H3,(H,22,25). The number of rotatable bonds is 4. The van der Waals surface area contributed by atoms with E-state index < -0.39 is 0 Å². The molecule has 134 valence electrons. The van der Waals surface area contributed by atoms with Gasteiger partial charge in [0.2, 0.25) is 0 Å². The quantitative estimate of drug-likeness (QED) is 0.925. The Morgan fingerprint density at radius 2 is 2.12 bits per heavy atom. The van der Waals surface area contributed by atoms with E-state index in [1.165, 1.54) is 12.0 Å². The summed E-state index contributed by atoms with van der Waals surface area (Å²) in [6, 6.07) is 8.45. The number of imidazole rings is 1. The molecule has 1 aromatic carbocycles. The average molecular weight is 340 g/mol. The number of aryl methyl sites for hydroxylation is 1. The van der Waals surface area contributed by atoms with Crippen LogP contribution in [-0.4, -0.2) is 33.6 Å². The first-order valence-corrected chi connectivity index (χ1v) is 9.20. The first-order chi connectivity index (χ1) is 12.1. The molecule has 1 aliphatic rings. The minimum atomic E-state index is 0.0601. The molecule has 1 saturated heterocycles. The van der Waals surface area contributed by atoms with Gasteiger partial charge in [-0.25, -0.2) is 9.78 Å². The summed E-state index contributed by atoms with van der Waals surface area (Å²) in [5.74, 6) is 1.73. The van der Waals surface area contributed by atoms with Crippen molar-refractivity contribution in [3.63, 3.8) is 0 Å². The average Bonchev–Trinajstić information content (AvgIpc) is 2.87. The summed E-state index contributed by atoms with van der Waals surface area (Å²) in [5.41, 5.74) is 2.35. The molecule has 5 nitrogen and oxygen atoms in total. The lowest BCUT2D eigenvalue weighted by Crippen LogP contribution is -2.40. The van der Waals surface area contributed by atoms with Crippen molar-refractivity contribution in [3.05, 3.63) is 53.6 Å². The molecule has 1 atom stereocenters. The number of likely N-dealkylation sites (tertiary alicyclic amines) is 1. The Hall–Kier alpha value is -2.30. The first kappa shape index (κ1) is 17.5. The number of amides is 2. The van der Waals surface area contributed by atoms with E-state index >= 15 is 0 Å². The number of nitrogens with one attached hydrogen (secondary N) is 1. The van der Waals surface area contributed by atoms with Crippen molar-refractivity contribution in [2.45, 2.75) is 46.2 Å². The SMILES string of the molecule is Cc1nccn1Cc1cccc(CNC(=O)N2CCCC(C)CC2)c1. The zero-order valence-electron chi connectivity index (χ0n) is 15.2. The number of benzene rings is 1. The minimum absolute atomic E-state index is 0.0601. The fourth-order valence-electron chi connectivity index (χ4n) is 3.36. The molecule has 1 aliphatic heterocycles. The molecular formula is C20H28N4O. The fraction of sp³-hybridized carbons (Fsp3) is 0.500. The largest absolute Gasteiger partial charge is 0.334 e. The Bertz CT molecular complexity index is 709. The zero-order valence-corrected chi connectivity index (χ0v) is 15.2. The van der Waals surface area contributed by atoms with Gasteiger partial charge in [-0.2, -0.15) is 0 Å².